The first-order valence-electron chi connectivity index (χ1n) is 5.90. The summed E-state index contributed by atoms with van der Waals surface area (Å²) in [6, 6.07) is 4.24. The molecule has 0 bridgehead atoms. The summed E-state index contributed by atoms with van der Waals surface area (Å²) in [5.74, 6) is -0.131. The number of rotatable bonds is 7. The van der Waals surface area contributed by atoms with Crippen molar-refractivity contribution in [1.29, 1.82) is 0 Å². The molecule has 7 heteroatoms. The van der Waals surface area contributed by atoms with Gasteiger partial charge in [0, 0.05) is 24.8 Å². The molecule has 0 spiro atoms. The topological polar surface area (TPSA) is 102 Å². The molecule has 0 aliphatic heterocycles. The largest absolute Gasteiger partial charge is 0.487 e. The summed E-state index contributed by atoms with van der Waals surface area (Å²) in [4.78, 5) is 21.8. The van der Waals surface area contributed by atoms with E-state index in [0.29, 0.717) is 18.7 Å². The van der Waals surface area contributed by atoms with Crippen molar-refractivity contribution in [3.8, 4) is 5.75 Å². The molecule has 0 saturated heterocycles. The standard InChI is InChI=1S/C12H16N2O5/c1-2-19-11-6-5-9(8-10(11)14(17)18)13-12(16)4-3-7-15/h5-6,8,15H,2-4,7H2,1H3,(H,13,16). The first-order valence-corrected chi connectivity index (χ1v) is 5.90. The molecule has 1 amide bonds. The summed E-state index contributed by atoms with van der Waals surface area (Å²) in [6.07, 6.45) is 0.516. The SMILES string of the molecule is CCOc1ccc(NC(=O)CCCO)cc1[N+](=O)[O-]. The quantitative estimate of drug-likeness (QED) is 0.579. The van der Waals surface area contributed by atoms with Crippen LogP contribution in [0.15, 0.2) is 18.2 Å². The second-order valence-electron chi connectivity index (χ2n) is 3.75. The zero-order valence-corrected chi connectivity index (χ0v) is 10.6. The molecule has 104 valence electrons. The third kappa shape index (κ3) is 4.55. The molecule has 1 rings (SSSR count). The Morgan fingerprint density at radius 3 is 2.84 bits per heavy atom. The van der Waals surface area contributed by atoms with Gasteiger partial charge in [0.1, 0.15) is 0 Å². The highest BCUT2D eigenvalue weighted by Gasteiger charge is 2.16. The maximum atomic E-state index is 11.4. The van der Waals surface area contributed by atoms with E-state index in [-0.39, 0.29) is 30.4 Å². The van der Waals surface area contributed by atoms with Gasteiger partial charge in [0.05, 0.1) is 11.5 Å². The molecule has 19 heavy (non-hydrogen) atoms. The monoisotopic (exact) mass is 268 g/mol. The Labute approximate surface area is 110 Å². The summed E-state index contributed by atoms with van der Waals surface area (Å²) in [5.41, 5.74) is 0.139. The van der Waals surface area contributed by atoms with Crippen LogP contribution in [0.3, 0.4) is 0 Å². The van der Waals surface area contributed by atoms with Gasteiger partial charge in [-0.15, -0.1) is 0 Å². The van der Waals surface area contributed by atoms with Crippen LogP contribution in [0, 0.1) is 10.1 Å². The molecule has 0 unspecified atom stereocenters. The predicted octanol–water partition coefficient (Wildman–Crippen LogP) is 1.70. The zero-order chi connectivity index (χ0) is 14.3. The number of amides is 1. The van der Waals surface area contributed by atoms with E-state index in [4.69, 9.17) is 9.84 Å². The number of hydrogen-bond acceptors (Lipinski definition) is 5. The van der Waals surface area contributed by atoms with Crippen LogP contribution in [0.2, 0.25) is 0 Å². The average molecular weight is 268 g/mol. The molecule has 0 fully saturated rings. The Morgan fingerprint density at radius 2 is 2.26 bits per heavy atom. The highest BCUT2D eigenvalue weighted by Crippen LogP contribution is 2.30. The summed E-state index contributed by atoms with van der Waals surface area (Å²) >= 11 is 0. The minimum atomic E-state index is -0.561. The summed E-state index contributed by atoms with van der Waals surface area (Å²) in [7, 11) is 0. The highest BCUT2D eigenvalue weighted by atomic mass is 16.6. The van der Waals surface area contributed by atoms with Gasteiger partial charge in [-0.05, 0) is 25.5 Å². The maximum absolute atomic E-state index is 11.4. The van der Waals surface area contributed by atoms with Gasteiger partial charge in [-0.3, -0.25) is 14.9 Å². The van der Waals surface area contributed by atoms with Gasteiger partial charge in [0.25, 0.3) is 0 Å². The van der Waals surface area contributed by atoms with Gasteiger partial charge in [-0.2, -0.15) is 0 Å². The maximum Gasteiger partial charge on any atom is 0.312 e. The lowest BCUT2D eigenvalue weighted by Crippen LogP contribution is -2.12. The van der Waals surface area contributed by atoms with Crippen LogP contribution in [0.25, 0.3) is 0 Å². The lowest BCUT2D eigenvalue weighted by Gasteiger charge is -2.07. The zero-order valence-electron chi connectivity index (χ0n) is 10.6. The smallest absolute Gasteiger partial charge is 0.312 e. The fourth-order valence-electron chi connectivity index (χ4n) is 1.48. The van der Waals surface area contributed by atoms with Gasteiger partial charge >= 0.3 is 5.69 Å². The lowest BCUT2D eigenvalue weighted by atomic mass is 10.2. The van der Waals surface area contributed by atoms with Crippen LogP contribution >= 0.6 is 0 Å². The van der Waals surface area contributed by atoms with E-state index in [0.717, 1.165) is 0 Å². The fraction of sp³-hybridized carbons (Fsp3) is 0.417. The van der Waals surface area contributed by atoms with E-state index in [1.54, 1.807) is 6.92 Å². The lowest BCUT2D eigenvalue weighted by molar-refractivity contribution is -0.385. The van der Waals surface area contributed by atoms with Crippen LogP contribution in [-0.4, -0.2) is 29.2 Å². The fourth-order valence-corrected chi connectivity index (χ4v) is 1.48. The number of carbonyl (C=O) groups excluding carboxylic acids is 1. The number of anilines is 1. The van der Waals surface area contributed by atoms with E-state index >= 15 is 0 Å². The predicted molar refractivity (Wildman–Crippen MR) is 69.2 cm³/mol. The molecule has 0 aliphatic rings. The minimum Gasteiger partial charge on any atom is -0.487 e. The van der Waals surface area contributed by atoms with Crippen LogP contribution in [0.5, 0.6) is 5.75 Å². The van der Waals surface area contributed by atoms with Crippen molar-refractivity contribution in [3.05, 3.63) is 28.3 Å². The molecule has 0 aliphatic carbocycles. The van der Waals surface area contributed by atoms with Crippen molar-refractivity contribution in [2.75, 3.05) is 18.5 Å². The normalized spacial score (nSPS) is 10.0. The third-order valence-electron chi connectivity index (χ3n) is 2.30. The molecule has 0 atom stereocenters. The number of nitro benzene ring substituents is 1. The van der Waals surface area contributed by atoms with Crippen molar-refractivity contribution in [3.63, 3.8) is 0 Å². The molecule has 1 aromatic carbocycles. The Kier molecular flexibility index (Phi) is 5.74. The number of nitrogens with zero attached hydrogens (tertiary/aromatic N) is 1. The Hall–Kier alpha value is -2.15. The number of aliphatic hydroxyl groups is 1. The van der Waals surface area contributed by atoms with Gasteiger partial charge in [0.2, 0.25) is 5.91 Å². The second-order valence-corrected chi connectivity index (χ2v) is 3.75. The molecule has 7 nitrogen and oxygen atoms in total. The molecular formula is C12H16N2O5. The Morgan fingerprint density at radius 1 is 1.53 bits per heavy atom. The number of benzene rings is 1. The number of nitrogens with one attached hydrogen (secondary N) is 1. The second kappa shape index (κ2) is 7.32. The van der Waals surface area contributed by atoms with Crippen molar-refractivity contribution in [1.82, 2.24) is 0 Å². The Balaban J connectivity index is 2.83. The van der Waals surface area contributed by atoms with E-state index < -0.39 is 4.92 Å². The molecule has 0 heterocycles. The van der Waals surface area contributed by atoms with Crippen LogP contribution in [0.4, 0.5) is 11.4 Å². The minimum absolute atomic E-state index is 0.0726. The van der Waals surface area contributed by atoms with Crippen molar-refractivity contribution in [2.45, 2.75) is 19.8 Å². The number of hydrogen-bond donors (Lipinski definition) is 2. The first kappa shape index (κ1) is 14.9. The molecule has 0 saturated carbocycles. The van der Waals surface area contributed by atoms with Crippen LogP contribution in [-0.2, 0) is 4.79 Å². The summed E-state index contributed by atoms with van der Waals surface area (Å²) < 4.78 is 5.14. The number of carbonyl (C=O) groups is 1. The number of nitro groups is 1. The number of ether oxygens (including phenoxy) is 1. The summed E-state index contributed by atoms with van der Waals surface area (Å²) in [5, 5.41) is 22.0. The van der Waals surface area contributed by atoms with Gasteiger partial charge in [-0.1, -0.05) is 0 Å². The van der Waals surface area contributed by atoms with E-state index in [1.165, 1.54) is 18.2 Å². The van der Waals surface area contributed by atoms with Crippen molar-refractivity contribution in [2.24, 2.45) is 0 Å². The molecular weight excluding hydrogens is 252 g/mol. The van der Waals surface area contributed by atoms with E-state index in [9.17, 15) is 14.9 Å². The molecule has 2 N–H and O–H groups in total. The average Bonchev–Trinajstić information content (AvgIpc) is 2.38. The van der Waals surface area contributed by atoms with Crippen molar-refractivity contribution < 1.29 is 19.6 Å². The molecule has 0 radical (unpaired) electrons. The van der Waals surface area contributed by atoms with Crippen molar-refractivity contribution >= 4 is 17.3 Å². The highest BCUT2D eigenvalue weighted by molar-refractivity contribution is 5.91. The third-order valence-corrected chi connectivity index (χ3v) is 2.30. The van der Waals surface area contributed by atoms with Crippen LogP contribution in [0.1, 0.15) is 19.8 Å². The van der Waals surface area contributed by atoms with Crippen LogP contribution < -0.4 is 10.1 Å². The molecule has 1 aromatic rings. The first-order chi connectivity index (χ1) is 9.08. The van der Waals surface area contributed by atoms with E-state index in [2.05, 4.69) is 5.32 Å². The van der Waals surface area contributed by atoms with Gasteiger partial charge < -0.3 is 15.2 Å². The molecule has 0 aromatic heterocycles. The van der Waals surface area contributed by atoms with E-state index in [1.807, 2.05) is 0 Å². The number of aliphatic hydroxyl groups excluding tert-OH is 1. The van der Waals surface area contributed by atoms with Gasteiger partial charge in [-0.25, -0.2) is 0 Å². The van der Waals surface area contributed by atoms with Gasteiger partial charge in [0.15, 0.2) is 5.75 Å². The summed E-state index contributed by atoms with van der Waals surface area (Å²) in [6.45, 7) is 1.98. The Bertz CT molecular complexity index is 461.